The van der Waals surface area contributed by atoms with Crippen LogP contribution in [0.4, 0.5) is 5.13 Å². The number of aromatic amines is 1. The molecule has 0 saturated heterocycles. The van der Waals surface area contributed by atoms with E-state index in [1.54, 1.807) is 12.1 Å². The lowest BCUT2D eigenvalue weighted by Gasteiger charge is -1.97. The highest BCUT2D eigenvalue weighted by Gasteiger charge is 2.13. The Morgan fingerprint density at radius 3 is 2.75 bits per heavy atom. The summed E-state index contributed by atoms with van der Waals surface area (Å²) in [6.45, 7) is 0. The predicted molar refractivity (Wildman–Crippen MR) is 96.6 cm³/mol. The van der Waals surface area contributed by atoms with E-state index in [4.69, 9.17) is 11.6 Å². The van der Waals surface area contributed by atoms with Gasteiger partial charge in [0.05, 0.1) is 0 Å². The van der Waals surface area contributed by atoms with Crippen LogP contribution in [0.3, 0.4) is 0 Å². The Kier molecular flexibility index (Phi) is 3.76. The highest BCUT2D eigenvalue weighted by atomic mass is 35.5. The first-order valence-corrected chi connectivity index (χ1v) is 8.37. The number of carbonyl (C=O) groups excluding carboxylic acids is 1. The van der Waals surface area contributed by atoms with Crippen molar-refractivity contribution in [3.8, 4) is 10.6 Å². The predicted octanol–water partition coefficient (Wildman–Crippen LogP) is 4.59. The molecule has 0 radical (unpaired) electrons. The van der Waals surface area contributed by atoms with Gasteiger partial charge in [0.15, 0.2) is 0 Å². The Balaban J connectivity index is 1.56. The van der Waals surface area contributed by atoms with Crippen molar-refractivity contribution in [1.82, 2.24) is 15.2 Å². The smallest absolute Gasteiger partial charge is 0.273 e. The van der Waals surface area contributed by atoms with E-state index in [-0.39, 0.29) is 5.91 Å². The second kappa shape index (κ2) is 6.07. The van der Waals surface area contributed by atoms with Crippen molar-refractivity contribution in [1.29, 1.82) is 0 Å². The van der Waals surface area contributed by atoms with E-state index >= 15 is 0 Å². The maximum absolute atomic E-state index is 12.4. The number of amides is 1. The van der Waals surface area contributed by atoms with E-state index in [0.717, 1.165) is 21.5 Å². The number of rotatable bonds is 3. The summed E-state index contributed by atoms with van der Waals surface area (Å²) in [5.41, 5.74) is 2.27. The van der Waals surface area contributed by atoms with Gasteiger partial charge in [0.2, 0.25) is 5.13 Å². The average Bonchev–Trinajstić information content (AvgIpc) is 3.22. The average molecular weight is 355 g/mol. The molecule has 5 nitrogen and oxygen atoms in total. The highest BCUT2D eigenvalue weighted by Crippen LogP contribution is 2.26. The van der Waals surface area contributed by atoms with Crippen LogP contribution >= 0.6 is 22.9 Å². The molecule has 2 N–H and O–H groups in total. The molecule has 0 spiro atoms. The van der Waals surface area contributed by atoms with Gasteiger partial charge < -0.3 is 4.98 Å². The molecule has 0 atom stereocenters. The van der Waals surface area contributed by atoms with Gasteiger partial charge in [0.25, 0.3) is 5.91 Å². The van der Waals surface area contributed by atoms with Crippen molar-refractivity contribution in [2.24, 2.45) is 0 Å². The van der Waals surface area contributed by atoms with Crippen LogP contribution in [0.15, 0.2) is 54.6 Å². The molecule has 4 rings (SSSR count). The largest absolute Gasteiger partial charge is 0.351 e. The number of nitrogens with zero attached hydrogens (tertiary/aromatic N) is 2. The molecule has 0 bridgehead atoms. The van der Waals surface area contributed by atoms with E-state index in [0.29, 0.717) is 15.8 Å². The zero-order chi connectivity index (χ0) is 16.5. The third kappa shape index (κ3) is 2.89. The molecule has 0 aliphatic carbocycles. The lowest BCUT2D eigenvalue weighted by atomic mass is 10.2. The molecule has 2 aromatic carbocycles. The first-order chi connectivity index (χ1) is 11.7. The van der Waals surface area contributed by atoms with Crippen molar-refractivity contribution in [3.05, 3.63) is 65.3 Å². The van der Waals surface area contributed by atoms with E-state index in [1.165, 1.54) is 11.3 Å². The summed E-state index contributed by atoms with van der Waals surface area (Å²) in [4.78, 5) is 15.4. The molecule has 0 aliphatic heterocycles. The minimum atomic E-state index is -0.266. The van der Waals surface area contributed by atoms with Crippen LogP contribution < -0.4 is 5.32 Å². The maximum atomic E-state index is 12.4. The normalized spacial score (nSPS) is 10.9. The number of halogens is 1. The van der Waals surface area contributed by atoms with Gasteiger partial charge >= 0.3 is 0 Å². The van der Waals surface area contributed by atoms with Crippen LogP contribution in [0.5, 0.6) is 0 Å². The van der Waals surface area contributed by atoms with Crippen molar-refractivity contribution < 1.29 is 4.79 Å². The SMILES string of the molecule is O=C(Nc1nnc(-c2ccccc2)s1)c1cc2cc(Cl)ccc2[nH]1. The van der Waals surface area contributed by atoms with Gasteiger partial charge in [-0.15, -0.1) is 10.2 Å². The highest BCUT2D eigenvalue weighted by molar-refractivity contribution is 7.18. The number of benzene rings is 2. The lowest BCUT2D eigenvalue weighted by molar-refractivity contribution is 0.102. The molecule has 0 fully saturated rings. The van der Waals surface area contributed by atoms with E-state index in [2.05, 4.69) is 20.5 Å². The van der Waals surface area contributed by atoms with Gasteiger partial charge in [0, 0.05) is 21.5 Å². The van der Waals surface area contributed by atoms with Gasteiger partial charge in [-0.05, 0) is 24.3 Å². The molecule has 4 aromatic rings. The standard InChI is InChI=1S/C17H11ClN4OS/c18-12-6-7-13-11(8-12)9-14(19-13)15(23)20-17-22-21-16(24-17)10-4-2-1-3-5-10/h1-9,19H,(H,20,22,23). The van der Waals surface area contributed by atoms with Crippen molar-refractivity contribution in [2.45, 2.75) is 0 Å². The molecule has 2 heterocycles. The number of hydrogen-bond acceptors (Lipinski definition) is 4. The Morgan fingerprint density at radius 1 is 1.08 bits per heavy atom. The van der Waals surface area contributed by atoms with Crippen LogP contribution in [-0.4, -0.2) is 21.1 Å². The zero-order valence-electron chi connectivity index (χ0n) is 12.3. The fourth-order valence-corrected chi connectivity index (χ4v) is 3.29. The second-order valence-corrected chi connectivity index (χ2v) is 6.56. The number of aromatic nitrogens is 3. The molecule has 2 aromatic heterocycles. The van der Waals surface area contributed by atoms with Crippen LogP contribution in [0, 0.1) is 0 Å². The first kappa shape index (κ1) is 14.9. The molecule has 0 saturated carbocycles. The minimum absolute atomic E-state index is 0.266. The molecule has 24 heavy (non-hydrogen) atoms. The summed E-state index contributed by atoms with van der Waals surface area (Å²) >= 11 is 7.30. The van der Waals surface area contributed by atoms with Crippen LogP contribution in [0.1, 0.15) is 10.5 Å². The lowest BCUT2D eigenvalue weighted by Crippen LogP contribution is -2.11. The molecule has 0 aliphatic rings. The van der Waals surface area contributed by atoms with Gasteiger partial charge in [-0.25, -0.2) is 0 Å². The zero-order valence-corrected chi connectivity index (χ0v) is 13.9. The first-order valence-electron chi connectivity index (χ1n) is 7.17. The summed E-state index contributed by atoms with van der Waals surface area (Å²) < 4.78 is 0. The third-order valence-corrected chi connectivity index (χ3v) is 4.62. The third-order valence-electron chi connectivity index (χ3n) is 3.49. The Labute approximate surface area is 146 Å². The van der Waals surface area contributed by atoms with Gasteiger partial charge in [-0.2, -0.15) is 0 Å². The van der Waals surface area contributed by atoms with E-state index < -0.39 is 0 Å². The Hall–Kier alpha value is -2.70. The van der Waals surface area contributed by atoms with Crippen molar-refractivity contribution >= 4 is 44.9 Å². The molecule has 118 valence electrons. The molecule has 7 heteroatoms. The van der Waals surface area contributed by atoms with E-state index in [9.17, 15) is 4.79 Å². The number of fused-ring (bicyclic) bond motifs is 1. The summed E-state index contributed by atoms with van der Waals surface area (Å²) in [5.74, 6) is -0.266. The molecular formula is C17H11ClN4OS. The second-order valence-electron chi connectivity index (χ2n) is 5.15. The fourth-order valence-electron chi connectivity index (χ4n) is 2.36. The Bertz CT molecular complexity index is 1030. The summed E-state index contributed by atoms with van der Waals surface area (Å²) in [7, 11) is 0. The fraction of sp³-hybridized carbons (Fsp3) is 0. The summed E-state index contributed by atoms with van der Waals surface area (Å²) in [5, 5.41) is 13.6. The number of hydrogen-bond donors (Lipinski definition) is 2. The summed E-state index contributed by atoms with van der Waals surface area (Å²) in [6, 6.07) is 16.9. The van der Waals surface area contributed by atoms with Crippen LogP contribution in [-0.2, 0) is 0 Å². The number of carbonyl (C=O) groups is 1. The van der Waals surface area contributed by atoms with Gasteiger partial charge in [0.1, 0.15) is 10.7 Å². The van der Waals surface area contributed by atoms with Crippen LogP contribution in [0.25, 0.3) is 21.5 Å². The van der Waals surface area contributed by atoms with Crippen molar-refractivity contribution in [2.75, 3.05) is 5.32 Å². The molecule has 1 amide bonds. The maximum Gasteiger partial charge on any atom is 0.273 e. The number of H-pyrrole nitrogens is 1. The quantitative estimate of drug-likeness (QED) is 0.565. The monoisotopic (exact) mass is 354 g/mol. The topological polar surface area (TPSA) is 70.7 Å². The van der Waals surface area contributed by atoms with Gasteiger partial charge in [-0.3, -0.25) is 10.1 Å². The van der Waals surface area contributed by atoms with E-state index in [1.807, 2.05) is 42.5 Å². The molecule has 0 unspecified atom stereocenters. The number of nitrogens with one attached hydrogen (secondary N) is 2. The van der Waals surface area contributed by atoms with Crippen molar-refractivity contribution in [3.63, 3.8) is 0 Å². The minimum Gasteiger partial charge on any atom is -0.351 e. The van der Waals surface area contributed by atoms with Gasteiger partial charge in [-0.1, -0.05) is 53.3 Å². The Morgan fingerprint density at radius 2 is 1.92 bits per heavy atom. The molecular weight excluding hydrogens is 344 g/mol. The van der Waals surface area contributed by atoms with Crippen LogP contribution in [0.2, 0.25) is 5.02 Å². The number of anilines is 1. The summed E-state index contributed by atoms with van der Waals surface area (Å²) in [6.07, 6.45) is 0.